The predicted molar refractivity (Wildman–Crippen MR) is 126 cm³/mol. The Labute approximate surface area is 186 Å². The molecule has 0 fully saturated rings. The van der Waals surface area contributed by atoms with Gasteiger partial charge in [-0.05, 0) is 53.9 Å². The van der Waals surface area contributed by atoms with Crippen molar-refractivity contribution in [2.45, 2.75) is 33.3 Å². The number of benzene rings is 2. The summed E-state index contributed by atoms with van der Waals surface area (Å²) in [6, 6.07) is 17.5. The summed E-state index contributed by atoms with van der Waals surface area (Å²) in [4.78, 5) is 16.7. The number of hydrogen-bond acceptors (Lipinski definition) is 5. The molecule has 7 heteroatoms. The lowest BCUT2D eigenvalue weighted by molar-refractivity contribution is -0.114. The van der Waals surface area contributed by atoms with Gasteiger partial charge < -0.3 is 4.74 Å². The Bertz CT molecular complexity index is 1090. The molecule has 0 aromatic heterocycles. The molecule has 0 saturated carbocycles. The van der Waals surface area contributed by atoms with E-state index in [1.165, 1.54) is 16.8 Å². The second kappa shape index (κ2) is 8.89. The van der Waals surface area contributed by atoms with Gasteiger partial charge in [0, 0.05) is 6.42 Å². The van der Waals surface area contributed by atoms with Crippen LogP contribution in [0.4, 0.5) is 0 Å². The highest BCUT2D eigenvalue weighted by Gasteiger charge is 2.35. The fourth-order valence-electron chi connectivity index (χ4n) is 3.27. The number of carbonyl (C=O) groups is 1. The minimum atomic E-state index is -0.414. The zero-order chi connectivity index (χ0) is 22.0. The van der Waals surface area contributed by atoms with E-state index >= 15 is 0 Å². The number of carbonyl (C=O) groups excluding carboxylic acids is 1. The average molecular weight is 433 g/mol. The van der Waals surface area contributed by atoms with Gasteiger partial charge in [-0.2, -0.15) is 15.1 Å². The SMILES string of the molecule is CC(C)CC1=NN2C(=N)/C(=C/c3ccc(O[C@@H](C)c4ccccc4)cc3)C(=O)N=C2S1. The zero-order valence-electron chi connectivity index (χ0n) is 17.7. The monoisotopic (exact) mass is 432 g/mol. The molecule has 2 aliphatic rings. The summed E-state index contributed by atoms with van der Waals surface area (Å²) in [5.74, 6) is 0.822. The molecule has 0 radical (unpaired) electrons. The maximum absolute atomic E-state index is 12.5. The Balaban J connectivity index is 1.49. The summed E-state index contributed by atoms with van der Waals surface area (Å²) in [6.45, 7) is 6.22. The molecule has 1 amide bonds. The van der Waals surface area contributed by atoms with Gasteiger partial charge in [0.25, 0.3) is 5.91 Å². The van der Waals surface area contributed by atoms with Crippen LogP contribution in [-0.2, 0) is 4.79 Å². The van der Waals surface area contributed by atoms with Crippen molar-refractivity contribution < 1.29 is 9.53 Å². The van der Waals surface area contributed by atoms with Crippen molar-refractivity contribution in [2.75, 3.05) is 0 Å². The fraction of sp³-hybridized carbons (Fsp3) is 0.250. The molecular formula is C24H24N4O2S. The van der Waals surface area contributed by atoms with E-state index in [2.05, 4.69) is 23.9 Å². The quantitative estimate of drug-likeness (QED) is 0.612. The lowest BCUT2D eigenvalue weighted by atomic mass is 10.1. The Kier molecular flexibility index (Phi) is 6.04. The normalized spacial score (nSPS) is 18.2. The number of hydrogen-bond donors (Lipinski definition) is 1. The molecule has 31 heavy (non-hydrogen) atoms. The highest BCUT2D eigenvalue weighted by atomic mass is 32.2. The number of aliphatic imine (C=N–C) groups is 1. The molecule has 2 aliphatic heterocycles. The minimum absolute atomic E-state index is 0.0549. The van der Waals surface area contributed by atoms with Crippen molar-refractivity contribution >= 4 is 39.8 Å². The number of nitrogens with one attached hydrogen (secondary N) is 1. The second-order valence-corrected chi connectivity index (χ2v) is 8.89. The van der Waals surface area contributed by atoms with Crippen LogP contribution in [0.15, 0.2) is 70.3 Å². The van der Waals surface area contributed by atoms with Gasteiger partial charge in [0.2, 0.25) is 5.17 Å². The third-order valence-corrected chi connectivity index (χ3v) is 5.78. The van der Waals surface area contributed by atoms with Crippen LogP contribution in [-0.4, -0.2) is 27.0 Å². The Morgan fingerprint density at radius 1 is 1.10 bits per heavy atom. The summed E-state index contributed by atoms with van der Waals surface area (Å²) in [5.41, 5.74) is 2.12. The molecule has 0 unspecified atom stereocenters. The molecule has 158 valence electrons. The Morgan fingerprint density at radius 2 is 1.81 bits per heavy atom. The topological polar surface area (TPSA) is 78.1 Å². The molecule has 2 aromatic carbocycles. The van der Waals surface area contributed by atoms with Crippen molar-refractivity contribution in [2.24, 2.45) is 16.0 Å². The van der Waals surface area contributed by atoms with Crippen molar-refractivity contribution in [3.63, 3.8) is 0 Å². The highest BCUT2D eigenvalue weighted by molar-refractivity contribution is 8.26. The van der Waals surface area contributed by atoms with Crippen LogP contribution in [0.1, 0.15) is 44.4 Å². The van der Waals surface area contributed by atoms with Gasteiger partial charge in [-0.3, -0.25) is 10.2 Å². The largest absolute Gasteiger partial charge is 0.486 e. The van der Waals surface area contributed by atoms with Crippen LogP contribution in [0.5, 0.6) is 5.75 Å². The van der Waals surface area contributed by atoms with E-state index in [1.807, 2.05) is 61.5 Å². The van der Waals surface area contributed by atoms with Crippen LogP contribution in [0.2, 0.25) is 0 Å². The van der Waals surface area contributed by atoms with Crippen LogP contribution >= 0.6 is 11.8 Å². The molecular weight excluding hydrogens is 408 g/mol. The first-order valence-electron chi connectivity index (χ1n) is 10.2. The number of thioether (sulfide) groups is 1. The van der Waals surface area contributed by atoms with Gasteiger partial charge in [0.15, 0.2) is 5.84 Å². The molecule has 0 bridgehead atoms. The first kappa shape index (κ1) is 21.1. The summed E-state index contributed by atoms with van der Waals surface area (Å²) < 4.78 is 6.01. The number of ether oxygens (including phenoxy) is 1. The number of nitrogens with zero attached hydrogens (tertiary/aromatic N) is 3. The highest BCUT2D eigenvalue weighted by Crippen LogP contribution is 2.31. The summed E-state index contributed by atoms with van der Waals surface area (Å²) in [7, 11) is 0. The van der Waals surface area contributed by atoms with E-state index in [9.17, 15) is 4.79 Å². The molecule has 0 aliphatic carbocycles. The fourth-order valence-corrected chi connectivity index (χ4v) is 4.37. The minimum Gasteiger partial charge on any atom is -0.486 e. The van der Waals surface area contributed by atoms with Crippen LogP contribution in [0.25, 0.3) is 6.08 Å². The molecule has 2 heterocycles. The Hall–Kier alpha value is -3.19. The van der Waals surface area contributed by atoms with E-state index in [1.54, 1.807) is 6.08 Å². The van der Waals surface area contributed by atoms with Gasteiger partial charge in [-0.1, -0.05) is 56.3 Å². The lowest BCUT2D eigenvalue weighted by Gasteiger charge is -2.20. The van der Waals surface area contributed by atoms with Crippen molar-refractivity contribution in [3.05, 3.63) is 71.3 Å². The molecule has 0 saturated heterocycles. The van der Waals surface area contributed by atoms with E-state index < -0.39 is 5.91 Å². The predicted octanol–water partition coefficient (Wildman–Crippen LogP) is 5.49. The van der Waals surface area contributed by atoms with Crippen LogP contribution in [0.3, 0.4) is 0 Å². The van der Waals surface area contributed by atoms with Crippen molar-refractivity contribution in [3.8, 4) is 5.75 Å². The van der Waals surface area contributed by atoms with Crippen LogP contribution < -0.4 is 4.74 Å². The molecule has 4 rings (SSSR count). The Morgan fingerprint density at radius 3 is 2.48 bits per heavy atom. The van der Waals surface area contributed by atoms with Gasteiger partial charge >= 0.3 is 0 Å². The second-order valence-electron chi connectivity index (χ2n) is 7.85. The van der Waals surface area contributed by atoms with Gasteiger partial charge in [-0.25, -0.2) is 0 Å². The third-order valence-electron chi connectivity index (χ3n) is 4.85. The third kappa shape index (κ3) is 4.77. The van der Waals surface area contributed by atoms with Crippen LogP contribution in [0, 0.1) is 11.3 Å². The smallest absolute Gasteiger partial charge is 0.283 e. The molecule has 2 aromatic rings. The van der Waals surface area contributed by atoms with E-state index in [-0.39, 0.29) is 17.5 Å². The molecule has 1 N–H and O–H groups in total. The first-order valence-corrected chi connectivity index (χ1v) is 11.0. The van der Waals surface area contributed by atoms with E-state index in [0.29, 0.717) is 11.1 Å². The standard InChI is InChI=1S/C24H24N4O2S/c1-15(2)13-21-27-28-22(25)20(23(29)26-24(28)31-21)14-17-9-11-19(12-10-17)30-16(3)18-7-5-4-6-8-18/h4-12,14-16,25H,13H2,1-3H3/b20-14-,25-22?/t16-/m0/s1. The summed E-state index contributed by atoms with van der Waals surface area (Å²) in [6.07, 6.45) is 2.40. The van der Waals surface area contributed by atoms with Crippen molar-refractivity contribution in [1.82, 2.24) is 5.01 Å². The maximum Gasteiger partial charge on any atom is 0.283 e. The average Bonchev–Trinajstić information content (AvgIpc) is 3.14. The molecule has 6 nitrogen and oxygen atoms in total. The van der Waals surface area contributed by atoms with E-state index in [4.69, 9.17) is 10.1 Å². The van der Waals surface area contributed by atoms with Gasteiger partial charge in [-0.15, -0.1) is 0 Å². The molecule has 0 spiro atoms. The number of hydrazone groups is 1. The summed E-state index contributed by atoms with van der Waals surface area (Å²) in [5, 5.41) is 15.7. The maximum atomic E-state index is 12.5. The first-order chi connectivity index (χ1) is 14.9. The number of amidine groups is 2. The van der Waals surface area contributed by atoms with Crippen molar-refractivity contribution in [1.29, 1.82) is 5.41 Å². The lowest BCUT2D eigenvalue weighted by Crippen LogP contribution is -2.35. The van der Waals surface area contributed by atoms with E-state index in [0.717, 1.165) is 28.3 Å². The summed E-state index contributed by atoms with van der Waals surface area (Å²) >= 11 is 1.36. The number of fused-ring (bicyclic) bond motifs is 1. The number of rotatable bonds is 6. The molecule has 1 atom stereocenters. The number of amides is 1. The zero-order valence-corrected chi connectivity index (χ0v) is 18.5. The van der Waals surface area contributed by atoms with Gasteiger partial charge in [0.05, 0.1) is 5.57 Å². The van der Waals surface area contributed by atoms with Gasteiger partial charge in [0.1, 0.15) is 16.9 Å².